The van der Waals surface area contributed by atoms with Crippen LogP contribution in [0.1, 0.15) is 16.7 Å². The van der Waals surface area contributed by atoms with Crippen LogP contribution in [0.3, 0.4) is 0 Å². The number of halogens is 1. The minimum Gasteiger partial charge on any atom is -0.495 e. The van der Waals surface area contributed by atoms with Crippen LogP contribution in [-0.2, 0) is 6.54 Å². The van der Waals surface area contributed by atoms with Crippen molar-refractivity contribution < 1.29 is 4.74 Å². The third-order valence-electron chi connectivity index (χ3n) is 3.84. The van der Waals surface area contributed by atoms with Crippen LogP contribution in [0.5, 0.6) is 5.75 Å². The fourth-order valence-electron chi connectivity index (χ4n) is 2.51. The third kappa shape index (κ3) is 4.40. The lowest BCUT2D eigenvalue weighted by atomic mass is 10.1. The largest absolute Gasteiger partial charge is 0.495 e. The van der Waals surface area contributed by atoms with Gasteiger partial charge in [-0.2, -0.15) is 10.1 Å². The first-order valence-electron chi connectivity index (χ1n) is 8.15. The minimum atomic E-state index is 0.446. The summed E-state index contributed by atoms with van der Waals surface area (Å²) in [5.41, 5.74) is 4.07. The van der Waals surface area contributed by atoms with Crippen LogP contribution in [0.2, 0.25) is 5.02 Å². The highest BCUT2D eigenvalue weighted by molar-refractivity contribution is 6.31. The van der Waals surface area contributed by atoms with Crippen molar-refractivity contribution in [3.05, 3.63) is 64.3 Å². The molecular formula is C19H20ClN5O. The van der Waals surface area contributed by atoms with Gasteiger partial charge in [0.15, 0.2) is 5.82 Å². The highest BCUT2D eigenvalue weighted by Gasteiger charge is 2.09. The number of hydrogen-bond donors (Lipinski definition) is 2. The molecule has 0 unspecified atom stereocenters. The van der Waals surface area contributed by atoms with E-state index in [9.17, 15) is 0 Å². The molecule has 3 aromatic rings. The van der Waals surface area contributed by atoms with Crippen LogP contribution in [0.15, 0.2) is 42.6 Å². The fraction of sp³-hybridized carbons (Fsp3) is 0.211. The number of benzene rings is 2. The van der Waals surface area contributed by atoms with E-state index >= 15 is 0 Å². The van der Waals surface area contributed by atoms with Crippen LogP contribution in [0, 0.1) is 13.8 Å². The van der Waals surface area contributed by atoms with Crippen molar-refractivity contribution in [3.8, 4) is 5.75 Å². The summed E-state index contributed by atoms with van der Waals surface area (Å²) in [6.45, 7) is 4.61. The van der Waals surface area contributed by atoms with Crippen LogP contribution in [-0.4, -0.2) is 22.3 Å². The Kier molecular flexibility index (Phi) is 5.53. The number of nitrogens with zero attached hydrogens (tertiary/aromatic N) is 3. The molecule has 0 bridgehead atoms. The number of aryl methyl sites for hydroxylation is 2. The first kappa shape index (κ1) is 17.9. The third-order valence-corrected chi connectivity index (χ3v) is 4.24. The van der Waals surface area contributed by atoms with E-state index in [1.54, 1.807) is 19.4 Å². The van der Waals surface area contributed by atoms with Gasteiger partial charge in [0.1, 0.15) is 5.75 Å². The average molecular weight is 370 g/mol. The van der Waals surface area contributed by atoms with Gasteiger partial charge < -0.3 is 15.4 Å². The van der Waals surface area contributed by atoms with Crippen molar-refractivity contribution in [1.29, 1.82) is 0 Å². The van der Waals surface area contributed by atoms with E-state index in [-0.39, 0.29) is 0 Å². The molecule has 0 aliphatic heterocycles. The Balaban J connectivity index is 1.74. The molecular weight excluding hydrogens is 350 g/mol. The number of rotatable bonds is 6. The predicted octanol–water partition coefficient (Wildman–Crippen LogP) is 4.51. The van der Waals surface area contributed by atoms with Gasteiger partial charge in [0.05, 0.1) is 19.0 Å². The van der Waals surface area contributed by atoms with Crippen LogP contribution in [0.4, 0.5) is 17.5 Å². The number of aromatic nitrogens is 3. The van der Waals surface area contributed by atoms with Crippen molar-refractivity contribution >= 4 is 29.1 Å². The fourth-order valence-corrected chi connectivity index (χ4v) is 2.66. The topological polar surface area (TPSA) is 72.0 Å². The molecule has 0 spiro atoms. The lowest BCUT2D eigenvalue weighted by Crippen LogP contribution is -2.07. The maximum Gasteiger partial charge on any atom is 0.244 e. The molecule has 1 heterocycles. The van der Waals surface area contributed by atoms with Gasteiger partial charge in [0, 0.05) is 17.6 Å². The van der Waals surface area contributed by atoms with Crippen molar-refractivity contribution in [3.63, 3.8) is 0 Å². The lowest BCUT2D eigenvalue weighted by Gasteiger charge is -2.13. The van der Waals surface area contributed by atoms with Crippen molar-refractivity contribution in [2.75, 3.05) is 17.7 Å². The molecule has 0 aliphatic rings. The number of hydrogen-bond acceptors (Lipinski definition) is 6. The molecule has 0 saturated heterocycles. The molecule has 6 nitrogen and oxygen atoms in total. The van der Waals surface area contributed by atoms with Gasteiger partial charge in [0.25, 0.3) is 0 Å². The SMILES string of the molecule is COc1cc(Cl)c(C)cc1Nc1cnnc(NCc2cccc(C)c2)n1. The summed E-state index contributed by atoms with van der Waals surface area (Å²) in [6, 6.07) is 11.9. The summed E-state index contributed by atoms with van der Waals surface area (Å²) < 4.78 is 5.37. The van der Waals surface area contributed by atoms with Gasteiger partial charge in [-0.15, -0.1) is 5.10 Å². The molecule has 0 radical (unpaired) electrons. The molecule has 26 heavy (non-hydrogen) atoms. The van der Waals surface area contributed by atoms with E-state index in [0.29, 0.717) is 29.1 Å². The molecule has 0 atom stereocenters. The molecule has 0 saturated carbocycles. The zero-order chi connectivity index (χ0) is 18.5. The van der Waals surface area contributed by atoms with E-state index in [0.717, 1.165) is 16.8 Å². The van der Waals surface area contributed by atoms with Crippen LogP contribution in [0.25, 0.3) is 0 Å². The minimum absolute atomic E-state index is 0.446. The number of anilines is 3. The molecule has 0 fully saturated rings. The van der Waals surface area contributed by atoms with E-state index in [4.69, 9.17) is 16.3 Å². The summed E-state index contributed by atoms with van der Waals surface area (Å²) in [5.74, 6) is 1.64. The van der Waals surface area contributed by atoms with Gasteiger partial charge in [-0.3, -0.25) is 0 Å². The van der Waals surface area contributed by atoms with E-state index < -0.39 is 0 Å². The monoisotopic (exact) mass is 369 g/mol. The van der Waals surface area contributed by atoms with Gasteiger partial charge >= 0.3 is 0 Å². The first-order valence-corrected chi connectivity index (χ1v) is 8.53. The molecule has 7 heteroatoms. The van der Waals surface area contributed by atoms with Crippen molar-refractivity contribution in [2.24, 2.45) is 0 Å². The summed E-state index contributed by atoms with van der Waals surface area (Å²) in [4.78, 5) is 4.45. The standard InChI is InChI=1S/C19H20ClN5O/c1-12-5-4-6-14(7-12)10-21-19-24-18(11-22-25-19)23-16-8-13(2)15(20)9-17(16)26-3/h4-9,11H,10H2,1-3H3,(H2,21,23,24,25). The van der Waals surface area contributed by atoms with Crippen molar-refractivity contribution in [1.82, 2.24) is 15.2 Å². The first-order chi connectivity index (χ1) is 12.5. The number of ether oxygens (including phenoxy) is 1. The molecule has 134 valence electrons. The quantitative estimate of drug-likeness (QED) is 0.666. The Hall–Kier alpha value is -2.86. The maximum atomic E-state index is 6.15. The lowest BCUT2D eigenvalue weighted by molar-refractivity contribution is 0.416. The Morgan fingerprint density at radius 1 is 1.15 bits per heavy atom. The van der Waals surface area contributed by atoms with Gasteiger partial charge in [0.2, 0.25) is 5.95 Å². The Labute approximate surface area is 157 Å². The maximum absolute atomic E-state index is 6.15. The smallest absolute Gasteiger partial charge is 0.244 e. The Morgan fingerprint density at radius 3 is 2.77 bits per heavy atom. The molecule has 2 N–H and O–H groups in total. The average Bonchev–Trinajstić information content (AvgIpc) is 2.63. The zero-order valence-corrected chi connectivity index (χ0v) is 15.6. The second-order valence-corrected chi connectivity index (χ2v) is 6.34. The molecule has 3 rings (SSSR count). The van der Waals surface area contributed by atoms with Crippen LogP contribution >= 0.6 is 11.6 Å². The van der Waals surface area contributed by atoms with Crippen molar-refractivity contribution in [2.45, 2.75) is 20.4 Å². The van der Waals surface area contributed by atoms with E-state index in [1.807, 2.05) is 19.1 Å². The van der Waals surface area contributed by atoms with Gasteiger partial charge in [-0.1, -0.05) is 41.4 Å². The molecule has 2 aromatic carbocycles. The second-order valence-electron chi connectivity index (χ2n) is 5.93. The van der Waals surface area contributed by atoms with Gasteiger partial charge in [-0.05, 0) is 31.0 Å². The Morgan fingerprint density at radius 2 is 2.00 bits per heavy atom. The molecule has 0 aliphatic carbocycles. The number of methoxy groups -OCH3 is 1. The van der Waals surface area contributed by atoms with Gasteiger partial charge in [-0.25, -0.2) is 0 Å². The summed E-state index contributed by atoms with van der Waals surface area (Å²) in [5, 5.41) is 15.1. The molecule has 1 aromatic heterocycles. The highest BCUT2D eigenvalue weighted by atomic mass is 35.5. The van der Waals surface area contributed by atoms with E-state index in [1.165, 1.54) is 5.56 Å². The summed E-state index contributed by atoms with van der Waals surface area (Å²) >= 11 is 6.15. The molecule has 0 amide bonds. The Bertz CT molecular complexity index is 916. The summed E-state index contributed by atoms with van der Waals surface area (Å²) in [7, 11) is 1.60. The normalized spacial score (nSPS) is 10.5. The highest BCUT2D eigenvalue weighted by Crippen LogP contribution is 2.32. The zero-order valence-electron chi connectivity index (χ0n) is 14.9. The van der Waals surface area contributed by atoms with E-state index in [2.05, 4.69) is 50.9 Å². The second kappa shape index (κ2) is 8.01. The predicted molar refractivity (Wildman–Crippen MR) is 104 cm³/mol. The summed E-state index contributed by atoms with van der Waals surface area (Å²) in [6.07, 6.45) is 1.56. The number of nitrogens with one attached hydrogen (secondary N) is 2. The van der Waals surface area contributed by atoms with Crippen LogP contribution < -0.4 is 15.4 Å².